The van der Waals surface area contributed by atoms with Gasteiger partial charge < -0.3 is 4.90 Å². The summed E-state index contributed by atoms with van der Waals surface area (Å²) in [5.74, 6) is 0.112. The van der Waals surface area contributed by atoms with E-state index < -0.39 is 9.84 Å². The van der Waals surface area contributed by atoms with E-state index in [9.17, 15) is 13.2 Å². The van der Waals surface area contributed by atoms with Crippen LogP contribution in [0.1, 0.15) is 34.6 Å². The molecule has 2 aliphatic heterocycles. The minimum Gasteiger partial charge on any atom is -0.330 e. The first-order chi connectivity index (χ1) is 11.0. The average molecular weight is 338 g/mol. The van der Waals surface area contributed by atoms with Crippen LogP contribution in [-0.2, 0) is 22.7 Å². The van der Waals surface area contributed by atoms with E-state index in [0.29, 0.717) is 18.8 Å². The third kappa shape index (κ3) is 2.48. The number of sulfone groups is 1. The molecular formula is C15H22N4O3S. The molecule has 126 valence electrons. The molecule has 1 aromatic heterocycles. The van der Waals surface area contributed by atoms with Crippen molar-refractivity contribution in [1.29, 1.82) is 0 Å². The number of piperazine rings is 1. The summed E-state index contributed by atoms with van der Waals surface area (Å²) < 4.78 is 24.1. The monoisotopic (exact) mass is 338 g/mol. The first-order valence-electron chi connectivity index (χ1n) is 8.24. The number of nitrogens with zero attached hydrogens (tertiary/aromatic N) is 3. The quantitative estimate of drug-likeness (QED) is 0.769. The second-order valence-electron chi connectivity index (χ2n) is 6.93. The molecule has 7 nitrogen and oxygen atoms in total. The summed E-state index contributed by atoms with van der Waals surface area (Å²) in [4.78, 5) is 16.8. The first kappa shape index (κ1) is 15.1. The third-order valence-corrected chi connectivity index (χ3v) is 7.17. The van der Waals surface area contributed by atoms with Gasteiger partial charge in [0.1, 0.15) is 0 Å². The lowest BCUT2D eigenvalue weighted by Crippen LogP contribution is -2.59. The summed E-state index contributed by atoms with van der Waals surface area (Å²) in [6.07, 6.45) is 4.03. The number of fused-ring (bicyclic) bond motifs is 2. The van der Waals surface area contributed by atoms with Crippen LogP contribution in [0.3, 0.4) is 0 Å². The highest BCUT2D eigenvalue weighted by Crippen LogP contribution is 2.29. The van der Waals surface area contributed by atoms with Crippen LogP contribution in [0.4, 0.5) is 0 Å². The van der Waals surface area contributed by atoms with E-state index in [4.69, 9.17) is 0 Å². The van der Waals surface area contributed by atoms with Gasteiger partial charge in [-0.3, -0.25) is 14.8 Å². The number of rotatable bonds is 1. The standard InChI is InChI=1S/C15H22N4O3S/c1-18-6-7-19(13-9-23(21,22)8-12(13)18)15(20)14-10-4-2-3-5-11(10)16-17-14/h12-13H,2-9H2,1H3,(H,16,17)/t12-,13+/m0/s1. The van der Waals surface area contributed by atoms with Gasteiger partial charge in [0.05, 0.1) is 17.5 Å². The Balaban J connectivity index is 1.65. The van der Waals surface area contributed by atoms with Crippen molar-refractivity contribution >= 4 is 15.7 Å². The Morgan fingerprint density at radius 1 is 1.17 bits per heavy atom. The van der Waals surface area contributed by atoms with Crippen molar-refractivity contribution in [3.8, 4) is 0 Å². The Morgan fingerprint density at radius 3 is 2.74 bits per heavy atom. The van der Waals surface area contributed by atoms with E-state index >= 15 is 0 Å². The van der Waals surface area contributed by atoms with Crippen LogP contribution in [-0.4, -0.2) is 78.0 Å². The number of aromatic amines is 1. The SMILES string of the molecule is CN1CCN(C(=O)c2n[nH]c3c2CCCC3)[C@@H]2CS(=O)(=O)C[C@@H]21. The highest BCUT2D eigenvalue weighted by Gasteiger charge is 2.47. The van der Waals surface area contributed by atoms with Gasteiger partial charge in [-0.15, -0.1) is 0 Å². The Morgan fingerprint density at radius 2 is 1.91 bits per heavy atom. The van der Waals surface area contributed by atoms with Crippen LogP contribution in [0.2, 0.25) is 0 Å². The van der Waals surface area contributed by atoms with Crippen molar-refractivity contribution < 1.29 is 13.2 Å². The maximum Gasteiger partial charge on any atom is 0.275 e. The zero-order valence-electron chi connectivity index (χ0n) is 13.3. The maximum absolute atomic E-state index is 13.0. The van der Waals surface area contributed by atoms with E-state index in [2.05, 4.69) is 15.1 Å². The molecule has 4 rings (SSSR count). The molecule has 2 fully saturated rings. The Bertz CT molecular complexity index is 742. The van der Waals surface area contributed by atoms with Crippen LogP contribution in [0.5, 0.6) is 0 Å². The summed E-state index contributed by atoms with van der Waals surface area (Å²) in [6.45, 7) is 1.27. The molecule has 0 saturated carbocycles. The van der Waals surface area contributed by atoms with Crippen LogP contribution in [0.15, 0.2) is 0 Å². The number of carbonyl (C=O) groups excluding carboxylic acids is 1. The zero-order chi connectivity index (χ0) is 16.2. The van der Waals surface area contributed by atoms with Crippen molar-refractivity contribution in [2.24, 2.45) is 0 Å². The van der Waals surface area contributed by atoms with Crippen molar-refractivity contribution in [2.45, 2.75) is 37.8 Å². The molecule has 0 bridgehead atoms. The van der Waals surface area contributed by atoms with Gasteiger partial charge in [-0.05, 0) is 32.7 Å². The molecule has 0 radical (unpaired) electrons. The van der Waals surface area contributed by atoms with Gasteiger partial charge in [0.25, 0.3) is 5.91 Å². The predicted molar refractivity (Wildman–Crippen MR) is 85.1 cm³/mol. The smallest absolute Gasteiger partial charge is 0.275 e. The minimum absolute atomic E-state index is 0.0698. The molecule has 0 aromatic carbocycles. The largest absolute Gasteiger partial charge is 0.330 e. The highest BCUT2D eigenvalue weighted by atomic mass is 32.2. The van der Waals surface area contributed by atoms with E-state index in [0.717, 1.165) is 36.9 Å². The summed E-state index contributed by atoms with van der Waals surface area (Å²) in [7, 11) is -1.14. The molecule has 0 spiro atoms. The van der Waals surface area contributed by atoms with Gasteiger partial charge in [-0.25, -0.2) is 8.42 Å². The topological polar surface area (TPSA) is 86.4 Å². The van der Waals surface area contributed by atoms with Crippen molar-refractivity contribution in [2.75, 3.05) is 31.6 Å². The van der Waals surface area contributed by atoms with Gasteiger partial charge in [0.2, 0.25) is 0 Å². The number of H-pyrrole nitrogens is 1. The van der Waals surface area contributed by atoms with Gasteiger partial charge >= 0.3 is 0 Å². The lowest BCUT2D eigenvalue weighted by atomic mass is 9.95. The molecule has 1 aliphatic carbocycles. The molecule has 0 unspecified atom stereocenters. The second-order valence-corrected chi connectivity index (χ2v) is 9.08. The van der Waals surface area contributed by atoms with E-state index in [1.807, 2.05) is 7.05 Å². The summed E-state index contributed by atoms with van der Waals surface area (Å²) in [5, 5.41) is 7.27. The number of hydrogen-bond donors (Lipinski definition) is 1. The lowest BCUT2D eigenvalue weighted by Gasteiger charge is -2.42. The molecule has 3 aliphatic rings. The number of carbonyl (C=O) groups is 1. The molecular weight excluding hydrogens is 316 g/mol. The average Bonchev–Trinajstić information content (AvgIpc) is 3.07. The molecule has 3 heterocycles. The second kappa shape index (κ2) is 5.31. The summed E-state index contributed by atoms with van der Waals surface area (Å²) >= 11 is 0. The molecule has 8 heteroatoms. The van der Waals surface area contributed by atoms with E-state index in [1.54, 1.807) is 4.90 Å². The van der Waals surface area contributed by atoms with Crippen LogP contribution in [0, 0.1) is 0 Å². The minimum atomic E-state index is -3.08. The summed E-state index contributed by atoms with van der Waals surface area (Å²) in [6, 6.07) is -0.338. The zero-order valence-corrected chi connectivity index (χ0v) is 14.1. The number of hydrogen-bond acceptors (Lipinski definition) is 5. The van der Waals surface area contributed by atoms with Crippen LogP contribution < -0.4 is 0 Å². The number of likely N-dealkylation sites (N-methyl/N-ethyl adjacent to an activating group) is 1. The van der Waals surface area contributed by atoms with E-state index in [1.165, 1.54) is 0 Å². The predicted octanol–water partition coefficient (Wildman–Crippen LogP) is -0.158. The van der Waals surface area contributed by atoms with Crippen molar-refractivity contribution in [3.63, 3.8) is 0 Å². The fourth-order valence-corrected chi connectivity index (χ4v) is 6.23. The van der Waals surface area contributed by atoms with Gasteiger partial charge in [-0.1, -0.05) is 0 Å². The number of aryl methyl sites for hydroxylation is 1. The lowest BCUT2D eigenvalue weighted by molar-refractivity contribution is 0.0403. The number of nitrogens with one attached hydrogen (secondary N) is 1. The molecule has 1 amide bonds. The Kier molecular flexibility index (Phi) is 3.49. The highest BCUT2D eigenvalue weighted by molar-refractivity contribution is 7.91. The third-order valence-electron chi connectivity index (χ3n) is 5.47. The van der Waals surface area contributed by atoms with Gasteiger partial charge in [0, 0.05) is 30.4 Å². The Hall–Kier alpha value is -1.41. The molecule has 2 atom stereocenters. The van der Waals surface area contributed by atoms with Crippen molar-refractivity contribution in [1.82, 2.24) is 20.0 Å². The summed E-state index contributed by atoms with van der Waals surface area (Å²) in [5.41, 5.74) is 2.62. The fourth-order valence-electron chi connectivity index (χ4n) is 4.17. The molecule has 2 saturated heterocycles. The van der Waals surface area contributed by atoms with Crippen LogP contribution >= 0.6 is 0 Å². The van der Waals surface area contributed by atoms with Gasteiger partial charge in [-0.2, -0.15) is 5.10 Å². The first-order valence-corrected chi connectivity index (χ1v) is 10.1. The normalized spacial score (nSPS) is 30.0. The Labute approximate surface area is 135 Å². The number of aromatic nitrogens is 2. The van der Waals surface area contributed by atoms with Crippen molar-refractivity contribution in [3.05, 3.63) is 17.0 Å². The van der Waals surface area contributed by atoms with E-state index in [-0.39, 0.29) is 29.5 Å². The molecule has 1 aromatic rings. The molecule has 23 heavy (non-hydrogen) atoms. The number of amides is 1. The molecule has 1 N–H and O–H groups in total. The van der Waals surface area contributed by atoms with Gasteiger partial charge in [0.15, 0.2) is 15.5 Å². The fraction of sp³-hybridized carbons (Fsp3) is 0.733. The van der Waals surface area contributed by atoms with Crippen LogP contribution in [0.25, 0.3) is 0 Å². The maximum atomic E-state index is 13.0.